The first-order valence-corrected chi connectivity index (χ1v) is 12.1. The summed E-state index contributed by atoms with van der Waals surface area (Å²) in [4.78, 5) is 29.9. The SMILES string of the molecule is CCOCOCc1ccccc1C1(O)C(=O)N(CCN(CC)CC)c2cc(C(=O)OC)cc(Cl)c21. The number of ether oxygens (including phenoxy) is 3. The molecule has 8 nitrogen and oxygen atoms in total. The molecule has 1 aliphatic rings. The molecule has 9 heteroatoms. The van der Waals surface area contributed by atoms with Crippen LogP contribution in [-0.4, -0.2) is 68.6 Å². The highest BCUT2D eigenvalue weighted by molar-refractivity contribution is 6.33. The van der Waals surface area contributed by atoms with Crippen LogP contribution in [0.1, 0.15) is 47.8 Å². The molecule has 0 aliphatic carbocycles. The van der Waals surface area contributed by atoms with Crippen LogP contribution >= 0.6 is 11.6 Å². The number of hydrogen-bond acceptors (Lipinski definition) is 7. The van der Waals surface area contributed by atoms with Crippen LogP contribution in [0.3, 0.4) is 0 Å². The summed E-state index contributed by atoms with van der Waals surface area (Å²) in [7, 11) is 1.28. The van der Waals surface area contributed by atoms with E-state index in [0.29, 0.717) is 36.5 Å². The number of aliphatic hydroxyl groups is 1. The van der Waals surface area contributed by atoms with E-state index in [1.54, 1.807) is 24.3 Å². The molecule has 1 N–H and O–H groups in total. The number of benzene rings is 2. The number of amides is 1. The quantitative estimate of drug-likeness (QED) is 0.268. The first-order chi connectivity index (χ1) is 16.8. The summed E-state index contributed by atoms with van der Waals surface area (Å²) in [6.45, 7) is 9.24. The second-order valence-corrected chi connectivity index (χ2v) is 8.56. The Morgan fingerprint density at radius 2 is 1.86 bits per heavy atom. The van der Waals surface area contributed by atoms with Crippen LogP contribution in [0.25, 0.3) is 0 Å². The van der Waals surface area contributed by atoms with Crippen molar-refractivity contribution in [1.29, 1.82) is 0 Å². The molecule has 0 bridgehead atoms. The zero-order valence-corrected chi connectivity index (χ0v) is 21.4. The number of esters is 1. The highest BCUT2D eigenvalue weighted by Crippen LogP contribution is 2.49. The predicted octanol–water partition coefficient (Wildman–Crippen LogP) is 3.56. The lowest BCUT2D eigenvalue weighted by Gasteiger charge is -2.27. The van der Waals surface area contributed by atoms with Gasteiger partial charge in [-0.1, -0.05) is 49.7 Å². The Labute approximate surface area is 211 Å². The van der Waals surface area contributed by atoms with E-state index >= 15 is 0 Å². The molecule has 2 aromatic rings. The summed E-state index contributed by atoms with van der Waals surface area (Å²) in [6, 6.07) is 10.0. The zero-order valence-electron chi connectivity index (χ0n) is 20.7. The van der Waals surface area contributed by atoms with E-state index in [9.17, 15) is 14.7 Å². The fourth-order valence-corrected chi connectivity index (χ4v) is 4.71. The summed E-state index contributed by atoms with van der Waals surface area (Å²) in [5.41, 5.74) is -0.199. The second kappa shape index (κ2) is 12.0. The van der Waals surface area contributed by atoms with Crippen molar-refractivity contribution in [3.63, 3.8) is 0 Å². The van der Waals surface area contributed by atoms with Gasteiger partial charge in [0.25, 0.3) is 5.91 Å². The van der Waals surface area contributed by atoms with Gasteiger partial charge in [-0.15, -0.1) is 0 Å². The highest BCUT2D eigenvalue weighted by Gasteiger charge is 2.53. The first-order valence-electron chi connectivity index (χ1n) is 11.8. The molecule has 0 saturated carbocycles. The average Bonchev–Trinajstić information content (AvgIpc) is 3.09. The molecule has 2 aromatic carbocycles. The maximum atomic E-state index is 13.9. The number of anilines is 1. The Morgan fingerprint density at radius 1 is 1.14 bits per heavy atom. The predicted molar refractivity (Wildman–Crippen MR) is 134 cm³/mol. The van der Waals surface area contributed by atoms with E-state index in [0.717, 1.165) is 13.1 Å². The number of nitrogens with zero attached hydrogens (tertiary/aromatic N) is 2. The highest BCUT2D eigenvalue weighted by atomic mass is 35.5. The summed E-state index contributed by atoms with van der Waals surface area (Å²) in [6.07, 6.45) is 0. The average molecular weight is 505 g/mol. The van der Waals surface area contributed by atoms with E-state index in [1.165, 1.54) is 18.1 Å². The molecule has 0 aromatic heterocycles. The Kier molecular flexibility index (Phi) is 9.27. The lowest BCUT2D eigenvalue weighted by Crippen LogP contribution is -2.44. The molecule has 0 spiro atoms. The van der Waals surface area contributed by atoms with Gasteiger partial charge in [-0.25, -0.2) is 4.79 Å². The van der Waals surface area contributed by atoms with E-state index in [4.69, 9.17) is 25.8 Å². The number of rotatable bonds is 12. The van der Waals surface area contributed by atoms with Crippen molar-refractivity contribution >= 4 is 29.2 Å². The number of carbonyl (C=O) groups is 2. The van der Waals surface area contributed by atoms with Crippen LogP contribution in [0, 0.1) is 0 Å². The van der Waals surface area contributed by atoms with Gasteiger partial charge in [0.2, 0.25) is 0 Å². The Balaban J connectivity index is 2.12. The number of halogens is 1. The second-order valence-electron chi connectivity index (χ2n) is 8.15. The van der Waals surface area contributed by atoms with Crippen molar-refractivity contribution in [3.05, 3.63) is 63.7 Å². The maximum Gasteiger partial charge on any atom is 0.337 e. The number of hydrogen-bond donors (Lipinski definition) is 1. The minimum absolute atomic E-state index is 0.0903. The van der Waals surface area contributed by atoms with Crippen LogP contribution < -0.4 is 4.90 Å². The molecule has 1 amide bonds. The van der Waals surface area contributed by atoms with Crippen molar-refractivity contribution < 1.29 is 28.9 Å². The molecular formula is C26H33ClN2O6. The lowest BCUT2D eigenvalue weighted by molar-refractivity contribution is -0.132. The van der Waals surface area contributed by atoms with Gasteiger partial charge in [-0.05, 0) is 37.7 Å². The summed E-state index contributed by atoms with van der Waals surface area (Å²) in [5.74, 6) is -1.10. The first kappa shape index (κ1) is 27.1. The topological polar surface area (TPSA) is 88.5 Å². The summed E-state index contributed by atoms with van der Waals surface area (Å²) >= 11 is 6.65. The van der Waals surface area contributed by atoms with Crippen LogP contribution in [-0.2, 0) is 31.2 Å². The van der Waals surface area contributed by atoms with Crippen LogP contribution in [0.15, 0.2) is 36.4 Å². The minimum atomic E-state index is -2.05. The third kappa shape index (κ3) is 5.37. The fraction of sp³-hybridized carbons (Fsp3) is 0.462. The normalized spacial score (nSPS) is 17.2. The van der Waals surface area contributed by atoms with Gasteiger partial charge in [0, 0.05) is 30.8 Å². The van der Waals surface area contributed by atoms with Gasteiger partial charge in [0.05, 0.1) is 30.0 Å². The smallest absolute Gasteiger partial charge is 0.337 e. The standard InChI is InChI=1S/C26H33ClN2O6/c1-5-28(6-2)12-13-29-22-15-19(24(30)33-4)14-21(27)23(22)26(32,25(29)31)20-11-9-8-10-18(20)16-35-17-34-7-3/h8-11,14-15,32H,5-7,12-13,16-17H2,1-4H3. The Bertz CT molecular complexity index is 1060. The molecule has 1 atom stereocenters. The molecule has 190 valence electrons. The summed E-state index contributed by atoms with van der Waals surface area (Å²) in [5, 5.41) is 12.2. The molecule has 1 heterocycles. The third-order valence-electron chi connectivity index (χ3n) is 6.27. The third-order valence-corrected chi connectivity index (χ3v) is 6.57. The van der Waals surface area contributed by atoms with Gasteiger partial charge in [0.15, 0.2) is 5.60 Å². The van der Waals surface area contributed by atoms with Gasteiger partial charge in [0.1, 0.15) is 6.79 Å². The Morgan fingerprint density at radius 3 is 2.51 bits per heavy atom. The van der Waals surface area contributed by atoms with E-state index in [1.807, 2.05) is 26.8 Å². The van der Waals surface area contributed by atoms with Gasteiger partial charge < -0.3 is 29.1 Å². The van der Waals surface area contributed by atoms with Crippen molar-refractivity contribution in [2.45, 2.75) is 33.0 Å². The van der Waals surface area contributed by atoms with Crippen molar-refractivity contribution in [2.24, 2.45) is 0 Å². The van der Waals surface area contributed by atoms with Crippen LogP contribution in [0.4, 0.5) is 5.69 Å². The minimum Gasteiger partial charge on any atom is -0.465 e. The number of likely N-dealkylation sites (N-methyl/N-ethyl adjacent to an activating group) is 1. The fourth-order valence-electron chi connectivity index (χ4n) is 4.36. The van der Waals surface area contributed by atoms with Gasteiger partial charge in [-0.3, -0.25) is 4.79 Å². The Hall–Kier alpha value is -2.49. The molecule has 1 unspecified atom stereocenters. The van der Waals surface area contributed by atoms with E-state index in [-0.39, 0.29) is 29.5 Å². The van der Waals surface area contributed by atoms with Gasteiger partial charge >= 0.3 is 5.97 Å². The summed E-state index contributed by atoms with van der Waals surface area (Å²) < 4.78 is 15.7. The largest absolute Gasteiger partial charge is 0.465 e. The van der Waals surface area contributed by atoms with Crippen molar-refractivity contribution in [2.75, 3.05) is 51.6 Å². The van der Waals surface area contributed by atoms with E-state index in [2.05, 4.69) is 4.90 Å². The number of methoxy groups -OCH3 is 1. The molecule has 1 aliphatic heterocycles. The van der Waals surface area contributed by atoms with Crippen molar-refractivity contribution in [1.82, 2.24) is 4.90 Å². The molecule has 0 saturated heterocycles. The van der Waals surface area contributed by atoms with Crippen LogP contribution in [0.2, 0.25) is 5.02 Å². The van der Waals surface area contributed by atoms with Crippen molar-refractivity contribution in [3.8, 4) is 0 Å². The maximum absolute atomic E-state index is 13.9. The number of carbonyl (C=O) groups excluding carboxylic acids is 2. The van der Waals surface area contributed by atoms with Gasteiger partial charge in [-0.2, -0.15) is 0 Å². The molecule has 0 fully saturated rings. The molecular weight excluding hydrogens is 472 g/mol. The molecule has 35 heavy (non-hydrogen) atoms. The van der Waals surface area contributed by atoms with Crippen LogP contribution in [0.5, 0.6) is 0 Å². The monoisotopic (exact) mass is 504 g/mol. The zero-order chi connectivity index (χ0) is 25.6. The molecule has 0 radical (unpaired) electrons. The lowest BCUT2D eigenvalue weighted by atomic mass is 9.84. The van der Waals surface area contributed by atoms with E-state index < -0.39 is 17.5 Å². The number of fused-ring (bicyclic) bond motifs is 1. The molecule has 3 rings (SSSR count).